The number of hydrogen-bond acceptors (Lipinski definition) is 6. The van der Waals surface area contributed by atoms with Gasteiger partial charge in [-0.15, -0.1) is 0 Å². The molecule has 0 saturated carbocycles. The zero-order chi connectivity index (χ0) is 17.6. The maximum atomic E-state index is 12.4. The van der Waals surface area contributed by atoms with E-state index < -0.39 is 21.8 Å². The third kappa shape index (κ3) is 4.91. The monoisotopic (exact) mass is 357 g/mol. The third-order valence-electron chi connectivity index (χ3n) is 3.26. The Kier molecular flexibility index (Phi) is 6.12. The van der Waals surface area contributed by atoms with Crippen LogP contribution in [0.4, 0.5) is 0 Å². The minimum absolute atomic E-state index is 0.148. The third-order valence-corrected chi connectivity index (χ3v) is 5.17. The molecule has 1 aromatic rings. The van der Waals surface area contributed by atoms with Gasteiger partial charge in [-0.3, -0.25) is 9.59 Å². The van der Waals surface area contributed by atoms with Crippen molar-refractivity contribution < 1.29 is 27.5 Å². The van der Waals surface area contributed by atoms with Gasteiger partial charge in [0.2, 0.25) is 15.9 Å². The number of nitrogens with one attached hydrogen (secondary N) is 1. The van der Waals surface area contributed by atoms with E-state index in [-0.39, 0.29) is 18.0 Å². The number of nitrogens with two attached hydrogens (primary N) is 1. The van der Waals surface area contributed by atoms with Crippen LogP contribution in [-0.2, 0) is 24.3 Å². The summed E-state index contributed by atoms with van der Waals surface area (Å²) in [6.45, 7) is 0.824. The molecule has 132 valence electrons. The molecule has 1 aliphatic rings. The van der Waals surface area contributed by atoms with Gasteiger partial charge in [-0.1, -0.05) is 0 Å². The number of nitrogens with zero attached hydrogens (tertiary/aromatic N) is 1. The van der Waals surface area contributed by atoms with Crippen molar-refractivity contribution in [2.75, 3.05) is 39.5 Å². The average molecular weight is 357 g/mol. The van der Waals surface area contributed by atoms with Crippen LogP contribution in [0.2, 0.25) is 0 Å². The smallest absolute Gasteiger partial charge is 0.258 e. The van der Waals surface area contributed by atoms with E-state index in [0.717, 1.165) is 0 Å². The lowest BCUT2D eigenvalue weighted by Crippen LogP contribution is -2.40. The van der Waals surface area contributed by atoms with Crippen LogP contribution < -0.4 is 15.8 Å². The van der Waals surface area contributed by atoms with E-state index in [1.165, 1.54) is 28.6 Å². The molecule has 0 radical (unpaired) electrons. The van der Waals surface area contributed by atoms with Gasteiger partial charge >= 0.3 is 0 Å². The zero-order valence-electron chi connectivity index (χ0n) is 12.9. The fourth-order valence-electron chi connectivity index (χ4n) is 2.03. The summed E-state index contributed by atoms with van der Waals surface area (Å²) in [6, 6.07) is 5.77. The number of morpholine rings is 1. The standard InChI is InChI=1S/C14H19N3O6S/c15-13(18)9-16-14(19)10-23-11-1-3-12(4-2-11)24(20,21)17-5-7-22-8-6-17/h1-4H,5-10H2,(H2,15,18)(H,16,19). The largest absolute Gasteiger partial charge is 0.484 e. The predicted octanol–water partition coefficient (Wildman–Crippen LogP) is -1.31. The Morgan fingerprint density at radius 2 is 1.83 bits per heavy atom. The number of benzene rings is 1. The average Bonchev–Trinajstić information content (AvgIpc) is 2.59. The van der Waals surface area contributed by atoms with Crippen LogP contribution in [0, 0.1) is 0 Å². The van der Waals surface area contributed by atoms with E-state index in [4.69, 9.17) is 15.2 Å². The van der Waals surface area contributed by atoms with Crippen LogP contribution in [0.1, 0.15) is 0 Å². The van der Waals surface area contributed by atoms with Crippen molar-refractivity contribution in [1.29, 1.82) is 0 Å². The van der Waals surface area contributed by atoms with Gasteiger partial charge in [0.25, 0.3) is 5.91 Å². The Morgan fingerprint density at radius 1 is 1.21 bits per heavy atom. The second-order valence-corrected chi connectivity index (χ2v) is 6.96. The molecular formula is C14H19N3O6S. The fraction of sp³-hybridized carbons (Fsp3) is 0.429. The highest BCUT2D eigenvalue weighted by atomic mass is 32.2. The number of hydrogen-bond donors (Lipinski definition) is 2. The molecule has 2 rings (SSSR count). The summed E-state index contributed by atoms with van der Waals surface area (Å²) < 4.78 is 36.6. The number of carbonyl (C=O) groups excluding carboxylic acids is 2. The van der Waals surface area contributed by atoms with Crippen molar-refractivity contribution >= 4 is 21.8 Å². The molecule has 1 heterocycles. The highest BCUT2D eigenvalue weighted by molar-refractivity contribution is 7.89. The first-order chi connectivity index (χ1) is 11.4. The highest BCUT2D eigenvalue weighted by Crippen LogP contribution is 2.20. The Bertz CT molecular complexity index is 683. The van der Waals surface area contributed by atoms with Crippen LogP contribution in [0.25, 0.3) is 0 Å². The minimum Gasteiger partial charge on any atom is -0.484 e. The summed E-state index contributed by atoms with van der Waals surface area (Å²) in [5.74, 6) is -0.815. The van der Waals surface area contributed by atoms with Crippen molar-refractivity contribution in [3.05, 3.63) is 24.3 Å². The van der Waals surface area contributed by atoms with Gasteiger partial charge in [0.15, 0.2) is 6.61 Å². The maximum absolute atomic E-state index is 12.4. The molecule has 2 amide bonds. The van der Waals surface area contributed by atoms with Gasteiger partial charge in [-0.2, -0.15) is 4.31 Å². The summed E-state index contributed by atoms with van der Waals surface area (Å²) in [6.07, 6.45) is 0. The molecule has 0 unspecified atom stereocenters. The lowest BCUT2D eigenvalue weighted by molar-refractivity contribution is -0.126. The van der Waals surface area contributed by atoms with Gasteiger partial charge in [-0.05, 0) is 24.3 Å². The van der Waals surface area contributed by atoms with Gasteiger partial charge in [0.1, 0.15) is 5.75 Å². The van der Waals surface area contributed by atoms with E-state index in [9.17, 15) is 18.0 Å². The van der Waals surface area contributed by atoms with Gasteiger partial charge in [0.05, 0.1) is 24.7 Å². The van der Waals surface area contributed by atoms with Gasteiger partial charge in [-0.25, -0.2) is 8.42 Å². The lowest BCUT2D eigenvalue weighted by Gasteiger charge is -2.26. The highest BCUT2D eigenvalue weighted by Gasteiger charge is 2.26. The Morgan fingerprint density at radius 3 is 2.42 bits per heavy atom. The number of primary amides is 1. The zero-order valence-corrected chi connectivity index (χ0v) is 13.8. The molecule has 0 aliphatic carbocycles. The lowest BCUT2D eigenvalue weighted by atomic mass is 10.3. The molecule has 1 fully saturated rings. The normalized spacial score (nSPS) is 15.7. The topological polar surface area (TPSA) is 128 Å². The molecule has 0 bridgehead atoms. The summed E-state index contributed by atoms with van der Waals surface area (Å²) in [5.41, 5.74) is 4.90. The summed E-state index contributed by atoms with van der Waals surface area (Å²) in [4.78, 5) is 22.1. The molecule has 1 aliphatic heterocycles. The molecule has 1 aromatic carbocycles. The minimum atomic E-state index is -3.56. The molecule has 0 aromatic heterocycles. The summed E-state index contributed by atoms with van der Waals surface area (Å²) >= 11 is 0. The van der Waals surface area contributed by atoms with E-state index >= 15 is 0 Å². The van der Waals surface area contributed by atoms with E-state index in [1.54, 1.807) is 0 Å². The number of sulfonamides is 1. The SMILES string of the molecule is NC(=O)CNC(=O)COc1ccc(S(=O)(=O)N2CCOCC2)cc1. The Hall–Kier alpha value is -2.17. The summed E-state index contributed by atoms with van der Waals surface area (Å²) in [5, 5.41) is 2.28. The van der Waals surface area contributed by atoms with Crippen LogP contribution in [-0.4, -0.2) is 64.0 Å². The van der Waals surface area contributed by atoms with Crippen LogP contribution >= 0.6 is 0 Å². The summed E-state index contributed by atoms with van der Waals surface area (Å²) in [7, 11) is -3.56. The number of rotatable bonds is 7. The second kappa shape index (κ2) is 8.08. The molecule has 0 spiro atoms. The number of ether oxygens (including phenoxy) is 2. The predicted molar refractivity (Wildman–Crippen MR) is 83.7 cm³/mol. The molecular weight excluding hydrogens is 338 g/mol. The van der Waals surface area contributed by atoms with E-state index in [0.29, 0.717) is 32.1 Å². The van der Waals surface area contributed by atoms with Crippen LogP contribution in [0.3, 0.4) is 0 Å². The van der Waals surface area contributed by atoms with Crippen molar-refractivity contribution in [2.45, 2.75) is 4.90 Å². The molecule has 0 atom stereocenters. The second-order valence-electron chi connectivity index (χ2n) is 5.02. The number of amides is 2. The van der Waals surface area contributed by atoms with Crippen molar-refractivity contribution in [1.82, 2.24) is 9.62 Å². The van der Waals surface area contributed by atoms with E-state index in [1.807, 2.05) is 0 Å². The molecule has 10 heteroatoms. The molecule has 9 nitrogen and oxygen atoms in total. The van der Waals surface area contributed by atoms with Crippen LogP contribution in [0.15, 0.2) is 29.2 Å². The van der Waals surface area contributed by atoms with E-state index in [2.05, 4.69) is 5.32 Å². The first kappa shape index (κ1) is 18.2. The van der Waals surface area contributed by atoms with Crippen molar-refractivity contribution in [3.63, 3.8) is 0 Å². The van der Waals surface area contributed by atoms with Gasteiger partial charge < -0.3 is 20.5 Å². The Balaban J connectivity index is 1.92. The number of carbonyl (C=O) groups is 2. The fourth-order valence-corrected chi connectivity index (χ4v) is 3.44. The quantitative estimate of drug-likeness (QED) is 0.623. The van der Waals surface area contributed by atoms with Crippen molar-refractivity contribution in [2.24, 2.45) is 5.73 Å². The molecule has 3 N–H and O–H groups in total. The Labute approximate surface area is 139 Å². The van der Waals surface area contributed by atoms with Crippen LogP contribution in [0.5, 0.6) is 5.75 Å². The molecule has 1 saturated heterocycles. The van der Waals surface area contributed by atoms with Gasteiger partial charge in [0, 0.05) is 13.1 Å². The first-order valence-corrected chi connectivity index (χ1v) is 8.69. The first-order valence-electron chi connectivity index (χ1n) is 7.25. The molecule has 24 heavy (non-hydrogen) atoms. The van der Waals surface area contributed by atoms with Crippen molar-refractivity contribution in [3.8, 4) is 5.75 Å². The maximum Gasteiger partial charge on any atom is 0.258 e.